The summed E-state index contributed by atoms with van der Waals surface area (Å²) in [6.45, 7) is 0. The van der Waals surface area contributed by atoms with E-state index in [0.29, 0.717) is 16.2 Å². The van der Waals surface area contributed by atoms with Gasteiger partial charge in [0.05, 0.1) is 13.3 Å². The summed E-state index contributed by atoms with van der Waals surface area (Å²) in [4.78, 5) is 0. The molecule has 1 heterocycles. The van der Waals surface area contributed by atoms with Crippen molar-refractivity contribution in [3.05, 3.63) is 57.3 Å². The molecule has 8 heteroatoms. The Morgan fingerprint density at radius 2 is 2.04 bits per heavy atom. The van der Waals surface area contributed by atoms with Crippen LogP contribution in [0.3, 0.4) is 0 Å². The van der Waals surface area contributed by atoms with E-state index in [1.54, 1.807) is 25.3 Å². The van der Waals surface area contributed by atoms with Crippen LogP contribution in [0.1, 0.15) is 5.56 Å². The molecule has 24 heavy (non-hydrogen) atoms. The maximum absolute atomic E-state index is 9.89. The molecule has 0 atom stereocenters. The van der Waals surface area contributed by atoms with Gasteiger partial charge in [-0.25, -0.2) is 5.10 Å². The van der Waals surface area contributed by atoms with E-state index in [2.05, 4.69) is 31.2 Å². The van der Waals surface area contributed by atoms with Crippen LogP contribution in [0.4, 0.5) is 0 Å². The fourth-order valence-corrected chi connectivity index (χ4v) is 2.63. The van der Waals surface area contributed by atoms with Crippen LogP contribution < -0.4 is 4.74 Å². The molecule has 0 saturated carbocycles. The number of nitrogens with one attached hydrogen (secondary N) is 1. The maximum atomic E-state index is 9.89. The summed E-state index contributed by atoms with van der Waals surface area (Å²) in [5.74, 6) is 1.44. The van der Waals surface area contributed by atoms with Crippen molar-refractivity contribution in [2.75, 3.05) is 7.11 Å². The summed E-state index contributed by atoms with van der Waals surface area (Å²) >= 11 is 8.59. The van der Waals surface area contributed by atoms with Gasteiger partial charge < -0.3 is 9.84 Å². The number of H-pyrrole nitrogens is 1. The van der Waals surface area contributed by atoms with Crippen LogP contribution in [0.2, 0.25) is 0 Å². The number of phenolic OH excluding ortho intramolecular Hbond substituents is 1. The largest absolute Gasteiger partial charge is 0.507 e. The maximum Gasteiger partial charge on any atom is 0.216 e. The van der Waals surface area contributed by atoms with E-state index in [-0.39, 0.29) is 5.75 Å². The third-order valence-electron chi connectivity index (χ3n) is 3.30. The van der Waals surface area contributed by atoms with Crippen LogP contribution in [0.25, 0.3) is 11.4 Å². The molecule has 0 spiro atoms. The van der Waals surface area contributed by atoms with Gasteiger partial charge in [0.15, 0.2) is 5.82 Å². The number of ether oxygens (including phenoxy) is 1. The highest BCUT2D eigenvalue weighted by atomic mass is 79.9. The predicted octanol–water partition coefficient (Wildman–Crippen LogP) is 3.97. The molecular weight excluding hydrogens is 392 g/mol. The Bertz CT molecular complexity index is 947. The monoisotopic (exact) mass is 404 g/mol. The Morgan fingerprint density at radius 3 is 2.75 bits per heavy atom. The molecule has 3 aromatic rings. The number of hydrogen-bond donors (Lipinski definition) is 2. The second kappa shape index (κ2) is 6.98. The third-order valence-corrected chi connectivity index (χ3v) is 4.06. The number of halogens is 1. The number of rotatable bonds is 4. The first-order valence-electron chi connectivity index (χ1n) is 6.93. The lowest BCUT2D eigenvalue weighted by Crippen LogP contribution is -1.95. The zero-order chi connectivity index (χ0) is 17.1. The smallest absolute Gasteiger partial charge is 0.216 e. The molecule has 0 bridgehead atoms. The molecule has 0 aliphatic rings. The van der Waals surface area contributed by atoms with E-state index in [1.165, 1.54) is 10.9 Å². The Morgan fingerprint density at radius 1 is 1.29 bits per heavy atom. The van der Waals surface area contributed by atoms with E-state index < -0.39 is 0 Å². The van der Waals surface area contributed by atoms with Gasteiger partial charge in [0, 0.05) is 15.6 Å². The number of aromatic hydroxyl groups is 1. The fourth-order valence-electron chi connectivity index (χ4n) is 2.07. The predicted molar refractivity (Wildman–Crippen MR) is 98.2 cm³/mol. The van der Waals surface area contributed by atoms with Gasteiger partial charge in [0.25, 0.3) is 0 Å². The van der Waals surface area contributed by atoms with Gasteiger partial charge in [-0.15, -0.1) is 0 Å². The van der Waals surface area contributed by atoms with Crippen molar-refractivity contribution in [2.45, 2.75) is 0 Å². The number of methoxy groups -OCH3 is 1. The highest BCUT2D eigenvalue weighted by Gasteiger charge is 2.08. The number of hydrogen-bond acceptors (Lipinski definition) is 5. The molecule has 0 unspecified atom stereocenters. The van der Waals surface area contributed by atoms with Crippen LogP contribution in [0.15, 0.2) is 52.0 Å². The number of nitrogens with zero attached hydrogens (tertiary/aromatic N) is 3. The van der Waals surface area contributed by atoms with Crippen LogP contribution in [0, 0.1) is 4.77 Å². The molecule has 1 aromatic heterocycles. The number of aromatic nitrogens is 3. The summed E-state index contributed by atoms with van der Waals surface area (Å²) < 4.78 is 7.84. The SMILES string of the molecule is COc1ccc(-c2n[nH]c(=S)n2/N=C/c2cc(Br)ccc2O)cc1. The minimum Gasteiger partial charge on any atom is -0.507 e. The zero-order valence-electron chi connectivity index (χ0n) is 12.6. The van der Waals surface area contributed by atoms with Crippen LogP contribution >= 0.6 is 28.1 Å². The average Bonchev–Trinajstić information content (AvgIpc) is 2.96. The molecule has 0 amide bonds. The Balaban J connectivity index is 1.99. The van der Waals surface area contributed by atoms with E-state index in [9.17, 15) is 5.11 Å². The second-order valence-electron chi connectivity index (χ2n) is 4.84. The summed E-state index contributed by atoms with van der Waals surface area (Å²) in [7, 11) is 1.61. The van der Waals surface area contributed by atoms with Gasteiger partial charge in [-0.3, -0.25) is 0 Å². The van der Waals surface area contributed by atoms with Gasteiger partial charge >= 0.3 is 0 Å². The highest BCUT2D eigenvalue weighted by molar-refractivity contribution is 9.10. The molecule has 0 saturated heterocycles. The van der Waals surface area contributed by atoms with Crippen LogP contribution in [-0.2, 0) is 0 Å². The van der Waals surface area contributed by atoms with E-state index in [1.807, 2.05) is 24.3 Å². The Hall–Kier alpha value is -2.45. The van der Waals surface area contributed by atoms with Crippen molar-refractivity contribution in [3.8, 4) is 22.9 Å². The van der Waals surface area contributed by atoms with Gasteiger partial charge in [-0.1, -0.05) is 15.9 Å². The standard InChI is InChI=1S/C16H13BrN4O2S/c1-23-13-5-2-10(3-6-13)15-19-20-16(24)21(15)18-9-11-8-12(17)4-7-14(11)22/h2-9,22H,1H3,(H,20,24)/b18-9+. The van der Waals surface area contributed by atoms with Crippen molar-refractivity contribution in [3.63, 3.8) is 0 Å². The van der Waals surface area contributed by atoms with Crippen molar-refractivity contribution in [1.82, 2.24) is 14.9 Å². The number of phenols is 1. The molecule has 0 radical (unpaired) electrons. The molecular formula is C16H13BrN4O2S. The minimum atomic E-state index is 0.128. The first-order chi connectivity index (χ1) is 11.6. The first kappa shape index (κ1) is 16.4. The van der Waals surface area contributed by atoms with E-state index >= 15 is 0 Å². The third kappa shape index (κ3) is 3.39. The van der Waals surface area contributed by atoms with E-state index in [0.717, 1.165) is 15.8 Å². The molecule has 0 aliphatic heterocycles. The zero-order valence-corrected chi connectivity index (χ0v) is 15.0. The quantitative estimate of drug-likeness (QED) is 0.509. The van der Waals surface area contributed by atoms with Crippen LogP contribution in [-0.4, -0.2) is 33.3 Å². The first-order valence-corrected chi connectivity index (χ1v) is 8.13. The van der Waals surface area contributed by atoms with Crippen molar-refractivity contribution in [2.24, 2.45) is 5.10 Å². The molecule has 2 N–H and O–H groups in total. The lowest BCUT2D eigenvalue weighted by atomic mass is 10.2. The summed E-state index contributed by atoms with van der Waals surface area (Å²) in [5, 5.41) is 21.2. The topological polar surface area (TPSA) is 75.4 Å². The summed E-state index contributed by atoms with van der Waals surface area (Å²) in [6, 6.07) is 12.5. The lowest BCUT2D eigenvalue weighted by molar-refractivity contribution is 0.415. The highest BCUT2D eigenvalue weighted by Crippen LogP contribution is 2.22. The van der Waals surface area contributed by atoms with Crippen molar-refractivity contribution in [1.29, 1.82) is 0 Å². The molecule has 0 fully saturated rings. The second-order valence-corrected chi connectivity index (χ2v) is 6.14. The summed E-state index contributed by atoms with van der Waals surface area (Å²) in [5.41, 5.74) is 1.40. The molecule has 2 aromatic carbocycles. The van der Waals surface area contributed by atoms with Gasteiger partial charge in [0.1, 0.15) is 11.5 Å². The number of aromatic amines is 1. The normalized spacial score (nSPS) is 11.1. The van der Waals surface area contributed by atoms with Gasteiger partial charge in [-0.2, -0.15) is 14.9 Å². The lowest BCUT2D eigenvalue weighted by Gasteiger charge is -2.03. The van der Waals surface area contributed by atoms with Gasteiger partial charge in [0.2, 0.25) is 4.77 Å². The van der Waals surface area contributed by atoms with Gasteiger partial charge in [-0.05, 0) is 54.7 Å². The van der Waals surface area contributed by atoms with E-state index in [4.69, 9.17) is 17.0 Å². The fraction of sp³-hybridized carbons (Fsp3) is 0.0625. The minimum absolute atomic E-state index is 0.128. The molecule has 3 rings (SSSR count). The molecule has 0 aliphatic carbocycles. The molecule has 122 valence electrons. The summed E-state index contributed by atoms with van der Waals surface area (Å²) in [6.07, 6.45) is 1.53. The molecule has 6 nitrogen and oxygen atoms in total. The van der Waals surface area contributed by atoms with Crippen LogP contribution in [0.5, 0.6) is 11.5 Å². The average molecular weight is 405 g/mol. The Labute approximate surface area is 151 Å². The number of benzene rings is 2. The van der Waals surface area contributed by atoms with Crippen molar-refractivity contribution >= 4 is 34.4 Å². The van der Waals surface area contributed by atoms with Crippen molar-refractivity contribution < 1.29 is 9.84 Å². The Kier molecular flexibility index (Phi) is 4.77.